The summed E-state index contributed by atoms with van der Waals surface area (Å²) in [4.78, 5) is 25.3. The molecule has 0 aliphatic carbocycles. The normalized spacial score (nSPS) is 12.1. The molecule has 1 heterocycles. The number of rotatable bonds is 9. The number of ether oxygens (including phenoxy) is 1. The van der Waals surface area contributed by atoms with E-state index in [0.717, 1.165) is 0 Å². The van der Waals surface area contributed by atoms with Crippen molar-refractivity contribution >= 4 is 33.2 Å². The van der Waals surface area contributed by atoms with Gasteiger partial charge < -0.3 is 19.8 Å². The van der Waals surface area contributed by atoms with Crippen LogP contribution in [-0.2, 0) is 14.8 Å². The van der Waals surface area contributed by atoms with Crippen LogP contribution in [0.5, 0.6) is 5.75 Å². The van der Waals surface area contributed by atoms with Gasteiger partial charge in [0.05, 0.1) is 24.0 Å². The molecule has 9 nitrogen and oxygen atoms in total. The third-order valence-corrected chi connectivity index (χ3v) is 6.58. The molecule has 0 saturated heterocycles. The molecule has 0 spiro atoms. The van der Waals surface area contributed by atoms with Crippen LogP contribution in [0.3, 0.4) is 0 Å². The second kappa shape index (κ2) is 10.4. The van der Waals surface area contributed by atoms with E-state index in [9.17, 15) is 18.0 Å². The first kappa shape index (κ1) is 24.8. The topological polar surface area (TPSA) is 127 Å². The predicted molar refractivity (Wildman–Crippen MR) is 128 cm³/mol. The quantitative estimate of drug-likeness (QED) is 0.423. The molecule has 0 aliphatic rings. The number of hydrogen-bond donors (Lipinski definition) is 3. The van der Waals surface area contributed by atoms with Crippen molar-refractivity contribution in [2.45, 2.75) is 31.7 Å². The first-order valence-corrected chi connectivity index (χ1v) is 12.0. The summed E-state index contributed by atoms with van der Waals surface area (Å²) < 4.78 is 39.0. The highest BCUT2D eigenvalue weighted by Gasteiger charge is 2.26. The van der Waals surface area contributed by atoms with E-state index in [-0.39, 0.29) is 22.3 Å². The zero-order valence-corrected chi connectivity index (χ0v) is 20.1. The molecule has 3 aromatic rings. The third kappa shape index (κ3) is 5.76. The highest BCUT2D eigenvalue weighted by Crippen LogP contribution is 2.28. The van der Waals surface area contributed by atoms with Crippen molar-refractivity contribution < 1.29 is 27.2 Å². The Morgan fingerprint density at radius 3 is 2.41 bits per heavy atom. The molecule has 34 heavy (non-hydrogen) atoms. The zero-order chi connectivity index (χ0) is 24.9. The number of hydrogen-bond acceptors (Lipinski definition) is 6. The Balaban J connectivity index is 1.81. The Labute approximate surface area is 198 Å². The molecule has 1 unspecified atom stereocenters. The van der Waals surface area contributed by atoms with Crippen molar-refractivity contribution in [2.24, 2.45) is 5.92 Å². The van der Waals surface area contributed by atoms with Gasteiger partial charge in [-0.15, -0.1) is 0 Å². The first-order chi connectivity index (χ1) is 16.1. The van der Waals surface area contributed by atoms with E-state index in [1.807, 2.05) is 0 Å². The second-order valence-electron chi connectivity index (χ2n) is 7.95. The smallest absolute Gasteiger partial charge is 0.287 e. The fraction of sp³-hybridized carbons (Fsp3) is 0.250. The van der Waals surface area contributed by atoms with Gasteiger partial charge in [0, 0.05) is 5.69 Å². The molecule has 2 amide bonds. The Kier molecular flexibility index (Phi) is 7.62. The number of furan rings is 1. The number of aryl methyl sites for hydroxylation is 1. The molecule has 0 fully saturated rings. The maximum Gasteiger partial charge on any atom is 0.287 e. The molecular weight excluding hydrogens is 458 g/mol. The molecule has 0 radical (unpaired) electrons. The lowest BCUT2D eigenvalue weighted by Gasteiger charge is -2.21. The van der Waals surface area contributed by atoms with Gasteiger partial charge in [-0.25, -0.2) is 8.42 Å². The lowest BCUT2D eigenvalue weighted by Crippen LogP contribution is -2.47. The maximum absolute atomic E-state index is 13.1. The predicted octanol–water partition coefficient (Wildman–Crippen LogP) is 3.79. The van der Waals surface area contributed by atoms with Crippen LogP contribution in [-0.4, -0.2) is 33.4 Å². The second-order valence-corrected chi connectivity index (χ2v) is 9.60. The Morgan fingerprint density at radius 2 is 1.76 bits per heavy atom. The average Bonchev–Trinajstić information content (AvgIpc) is 3.33. The van der Waals surface area contributed by atoms with E-state index in [2.05, 4.69) is 15.4 Å². The number of carbonyl (C=O) groups excluding carboxylic acids is 2. The van der Waals surface area contributed by atoms with Gasteiger partial charge in [0.25, 0.3) is 15.9 Å². The van der Waals surface area contributed by atoms with Gasteiger partial charge >= 0.3 is 0 Å². The Bertz CT molecular complexity index is 1270. The van der Waals surface area contributed by atoms with Crippen molar-refractivity contribution in [2.75, 3.05) is 17.1 Å². The van der Waals surface area contributed by atoms with Crippen LogP contribution in [0.15, 0.2) is 70.2 Å². The largest absolute Gasteiger partial charge is 0.495 e. The number of nitrogens with one attached hydrogen (secondary N) is 3. The van der Waals surface area contributed by atoms with Gasteiger partial charge in [-0.1, -0.05) is 32.0 Å². The van der Waals surface area contributed by atoms with Gasteiger partial charge in [-0.05, 0) is 54.8 Å². The molecule has 180 valence electrons. The minimum absolute atomic E-state index is 0.00285. The summed E-state index contributed by atoms with van der Waals surface area (Å²) in [6, 6.07) is 13.4. The molecule has 2 aromatic carbocycles. The minimum atomic E-state index is -3.98. The molecule has 1 atom stereocenters. The van der Waals surface area contributed by atoms with E-state index in [0.29, 0.717) is 17.0 Å². The number of sulfonamides is 1. The van der Waals surface area contributed by atoms with Crippen molar-refractivity contribution in [1.82, 2.24) is 5.32 Å². The summed E-state index contributed by atoms with van der Waals surface area (Å²) in [5.41, 5.74) is 1.06. The van der Waals surface area contributed by atoms with Crippen LogP contribution in [0.1, 0.15) is 30.0 Å². The summed E-state index contributed by atoms with van der Waals surface area (Å²) in [5.74, 6) is -0.781. The van der Waals surface area contributed by atoms with Crippen LogP contribution in [0.2, 0.25) is 0 Å². The lowest BCUT2D eigenvalue weighted by atomic mass is 10.0. The summed E-state index contributed by atoms with van der Waals surface area (Å²) in [6.07, 6.45) is 1.37. The summed E-state index contributed by atoms with van der Waals surface area (Å²) in [6.45, 7) is 5.23. The van der Waals surface area contributed by atoms with Crippen LogP contribution < -0.4 is 20.1 Å². The van der Waals surface area contributed by atoms with Crippen molar-refractivity contribution in [3.63, 3.8) is 0 Å². The molecule has 0 saturated carbocycles. The van der Waals surface area contributed by atoms with Gasteiger partial charge in [0.2, 0.25) is 5.91 Å². The van der Waals surface area contributed by atoms with Crippen LogP contribution in [0, 0.1) is 12.8 Å². The van der Waals surface area contributed by atoms with Gasteiger partial charge in [0.1, 0.15) is 11.8 Å². The standard InChI is InChI=1S/C24H27N3O6S/c1-15(2)22(26-23(28)20-10-7-13-33-20)24(29)25-17-12-11-16(3)21(14-17)34(30,31)27-18-8-5-6-9-19(18)32-4/h5-15,22,27H,1-4H3,(H,25,29)(H,26,28). The van der Waals surface area contributed by atoms with Crippen LogP contribution in [0.25, 0.3) is 0 Å². The fourth-order valence-corrected chi connectivity index (χ4v) is 4.61. The van der Waals surface area contributed by atoms with E-state index in [4.69, 9.17) is 9.15 Å². The number of para-hydroxylation sites is 2. The summed E-state index contributed by atoms with van der Waals surface area (Å²) in [7, 11) is -2.53. The minimum Gasteiger partial charge on any atom is -0.495 e. The Hall–Kier alpha value is -3.79. The maximum atomic E-state index is 13.1. The van der Waals surface area contributed by atoms with Crippen LogP contribution in [0.4, 0.5) is 11.4 Å². The molecule has 0 bridgehead atoms. The SMILES string of the molecule is COc1ccccc1NS(=O)(=O)c1cc(NC(=O)C(NC(=O)c2ccco2)C(C)C)ccc1C. The van der Waals surface area contributed by atoms with Gasteiger partial charge in [-0.2, -0.15) is 0 Å². The number of benzene rings is 2. The number of carbonyl (C=O) groups is 2. The van der Waals surface area contributed by atoms with Gasteiger partial charge in [0.15, 0.2) is 5.76 Å². The van der Waals surface area contributed by atoms with E-state index in [1.54, 1.807) is 63.2 Å². The first-order valence-electron chi connectivity index (χ1n) is 10.5. The average molecular weight is 486 g/mol. The number of amides is 2. The van der Waals surface area contributed by atoms with Crippen molar-refractivity contribution in [3.05, 3.63) is 72.2 Å². The number of anilines is 2. The summed E-state index contributed by atoms with van der Waals surface area (Å²) in [5, 5.41) is 5.35. The van der Waals surface area contributed by atoms with Gasteiger partial charge in [-0.3, -0.25) is 14.3 Å². The van der Waals surface area contributed by atoms with E-state index < -0.39 is 27.9 Å². The monoisotopic (exact) mass is 485 g/mol. The molecule has 1 aromatic heterocycles. The zero-order valence-electron chi connectivity index (χ0n) is 19.3. The Morgan fingerprint density at radius 1 is 1.03 bits per heavy atom. The number of methoxy groups -OCH3 is 1. The van der Waals surface area contributed by atoms with Crippen LogP contribution >= 0.6 is 0 Å². The van der Waals surface area contributed by atoms with E-state index >= 15 is 0 Å². The highest BCUT2D eigenvalue weighted by atomic mass is 32.2. The lowest BCUT2D eigenvalue weighted by molar-refractivity contribution is -0.118. The van der Waals surface area contributed by atoms with Crippen molar-refractivity contribution in [1.29, 1.82) is 0 Å². The molecule has 3 N–H and O–H groups in total. The van der Waals surface area contributed by atoms with E-state index in [1.165, 1.54) is 25.5 Å². The summed E-state index contributed by atoms with van der Waals surface area (Å²) >= 11 is 0. The third-order valence-electron chi connectivity index (χ3n) is 5.08. The molecule has 3 rings (SSSR count). The molecule has 10 heteroatoms. The fourth-order valence-electron chi connectivity index (χ4n) is 3.27. The molecule has 0 aliphatic heterocycles. The highest BCUT2D eigenvalue weighted by molar-refractivity contribution is 7.92. The molecular formula is C24H27N3O6S. The van der Waals surface area contributed by atoms with Crippen molar-refractivity contribution in [3.8, 4) is 5.75 Å².